The van der Waals surface area contributed by atoms with Gasteiger partial charge in [-0.05, 0) is 24.6 Å². The highest BCUT2D eigenvalue weighted by molar-refractivity contribution is 7.99. The molecule has 0 aromatic heterocycles. The number of nitrogens with zero attached hydrogens (tertiary/aromatic N) is 3. The van der Waals surface area contributed by atoms with Gasteiger partial charge in [0.2, 0.25) is 0 Å². The summed E-state index contributed by atoms with van der Waals surface area (Å²) in [5.74, 6) is -1.55. The molecule has 1 heterocycles. The molecule has 0 fully saturated rings. The van der Waals surface area contributed by atoms with E-state index in [1.807, 2.05) is 0 Å². The second-order valence-corrected chi connectivity index (χ2v) is 4.90. The van der Waals surface area contributed by atoms with Crippen LogP contribution in [0, 0.1) is 12.7 Å². The highest BCUT2D eigenvalue weighted by Gasteiger charge is 2.28. The van der Waals surface area contributed by atoms with Crippen molar-refractivity contribution >= 4 is 17.4 Å². The maximum Gasteiger partial charge on any atom is 0.398 e. The van der Waals surface area contributed by atoms with Crippen LogP contribution < -0.4 is 10.5 Å². The standard InChI is InChI=1S/C10H10F4N4S/c1-6-2-7(11)8(18-5-15-16-17-18)3-9(6)19-4-10(12,13)14/h2-3H,4-5H2,1H3,(H,15,17). The van der Waals surface area contributed by atoms with Crippen LogP contribution in [0.5, 0.6) is 0 Å². The molecule has 0 amide bonds. The van der Waals surface area contributed by atoms with Gasteiger partial charge in [0.15, 0.2) is 6.67 Å². The van der Waals surface area contributed by atoms with Gasteiger partial charge in [-0.2, -0.15) is 18.7 Å². The number of hydrogen-bond acceptors (Lipinski definition) is 5. The van der Waals surface area contributed by atoms with Crippen LogP contribution >= 0.6 is 11.8 Å². The molecule has 0 saturated carbocycles. The van der Waals surface area contributed by atoms with Gasteiger partial charge in [0.05, 0.1) is 11.4 Å². The summed E-state index contributed by atoms with van der Waals surface area (Å²) in [5, 5.41) is 8.38. The van der Waals surface area contributed by atoms with Gasteiger partial charge < -0.3 is 0 Å². The molecule has 2 rings (SSSR count). The molecule has 1 N–H and O–H groups in total. The Balaban J connectivity index is 2.21. The van der Waals surface area contributed by atoms with Crippen molar-refractivity contribution < 1.29 is 17.6 Å². The first-order valence-electron chi connectivity index (χ1n) is 5.26. The Kier molecular flexibility index (Phi) is 3.83. The zero-order valence-corrected chi connectivity index (χ0v) is 10.6. The summed E-state index contributed by atoms with van der Waals surface area (Å²) in [6.45, 7) is 1.68. The summed E-state index contributed by atoms with van der Waals surface area (Å²) in [6.07, 6.45) is -4.26. The van der Waals surface area contributed by atoms with Gasteiger partial charge in [-0.25, -0.2) is 9.40 Å². The summed E-state index contributed by atoms with van der Waals surface area (Å²) >= 11 is 0.628. The largest absolute Gasteiger partial charge is 0.398 e. The van der Waals surface area contributed by atoms with E-state index in [0.29, 0.717) is 22.2 Å². The van der Waals surface area contributed by atoms with Gasteiger partial charge in [-0.1, -0.05) is 5.22 Å². The molecule has 0 atom stereocenters. The zero-order chi connectivity index (χ0) is 14.0. The third-order valence-electron chi connectivity index (χ3n) is 2.37. The van der Waals surface area contributed by atoms with Crippen LogP contribution in [0.1, 0.15) is 5.56 Å². The molecule has 1 aromatic carbocycles. The number of hydrogen-bond donors (Lipinski definition) is 1. The number of anilines is 1. The maximum absolute atomic E-state index is 13.8. The molecule has 0 unspecified atom stereocenters. The molecule has 0 saturated heterocycles. The Labute approximate surface area is 110 Å². The molecule has 19 heavy (non-hydrogen) atoms. The Bertz CT molecular complexity index is 495. The third-order valence-corrected chi connectivity index (χ3v) is 3.59. The summed E-state index contributed by atoms with van der Waals surface area (Å²) < 4.78 is 50.4. The van der Waals surface area contributed by atoms with E-state index in [2.05, 4.69) is 15.9 Å². The number of benzene rings is 1. The quantitative estimate of drug-likeness (QED) is 0.685. The van der Waals surface area contributed by atoms with Gasteiger partial charge in [0, 0.05) is 4.90 Å². The normalized spacial score (nSPS) is 14.9. The number of thioether (sulfide) groups is 1. The summed E-state index contributed by atoms with van der Waals surface area (Å²) in [7, 11) is 0. The molecule has 1 aromatic rings. The average Bonchev–Trinajstić information content (AvgIpc) is 2.80. The molecule has 4 nitrogen and oxygen atoms in total. The summed E-state index contributed by atoms with van der Waals surface area (Å²) in [4.78, 5) is 0.377. The number of hydrazine groups is 1. The van der Waals surface area contributed by atoms with E-state index in [1.165, 1.54) is 17.1 Å². The monoisotopic (exact) mass is 294 g/mol. The number of aryl methyl sites for hydroxylation is 1. The van der Waals surface area contributed by atoms with Gasteiger partial charge in [0.25, 0.3) is 0 Å². The minimum absolute atomic E-state index is 0.114. The minimum atomic E-state index is -4.26. The van der Waals surface area contributed by atoms with Crippen LogP contribution in [-0.2, 0) is 0 Å². The minimum Gasteiger partial charge on any atom is -0.244 e. The molecule has 0 bridgehead atoms. The van der Waals surface area contributed by atoms with E-state index in [0.717, 1.165) is 0 Å². The van der Waals surface area contributed by atoms with Crippen LogP contribution in [-0.4, -0.2) is 18.6 Å². The smallest absolute Gasteiger partial charge is 0.244 e. The van der Waals surface area contributed by atoms with Gasteiger partial charge in [-0.3, -0.25) is 0 Å². The molecule has 1 aliphatic heterocycles. The fourth-order valence-electron chi connectivity index (χ4n) is 1.51. The van der Waals surface area contributed by atoms with Crippen LogP contribution in [0.2, 0.25) is 0 Å². The molecule has 104 valence electrons. The van der Waals surface area contributed by atoms with Crippen LogP contribution in [0.3, 0.4) is 0 Å². The predicted octanol–water partition coefficient (Wildman–Crippen LogP) is 3.44. The number of halogens is 4. The van der Waals surface area contributed by atoms with Crippen molar-refractivity contribution in [2.45, 2.75) is 18.0 Å². The second kappa shape index (κ2) is 5.24. The Hall–Kier alpha value is -1.51. The van der Waals surface area contributed by atoms with Gasteiger partial charge >= 0.3 is 6.18 Å². The summed E-state index contributed by atoms with van der Waals surface area (Å²) in [5.41, 5.74) is 3.04. The number of nitrogens with one attached hydrogen (secondary N) is 1. The molecule has 9 heteroatoms. The summed E-state index contributed by atoms with van der Waals surface area (Å²) in [6, 6.07) is 2.57. The zero-order valence-electron chi connectivity index (χ0n) is 9.83. The van der Waals surface area contributed by atoms with Crippen molar-refractivity contribution in [3.63, 3.8) is 0 Å². The number of alkyl halides is 3. The SMILES string of the molecule is Cc1cc(F)c(N2CN=NN2)cc1SCC(F)(F)F. The molecular weight excluding hydrogens is 284 g/mol. The third kappa shape index (κ3) is 3.49. The lowest BCUT2D eigenvalue weighted by Gasteiger charge is -2.18. The lowest BCUT2D eigenvalue weighted by atomic mass is 10.2. The second-order valence-electron chi connectivity index (χ2n) is 3.88. The van der Waals surface area contributed by atoms with Crippen molar-refractivity contribution in [2.24, 2.45) is 10.3 Å². The lowest BCUT2D eigenvalue weighted by molar-refractivity contribution is -0.105. The Morgan fingerprint density at radius 3 is 2.74 bits per heavy atom. The van der Waals surface area contributed by atoms with Gasteiger partial charge in [0.1, 0.15) is 5.82 Å². The molecule has 0 aliphatic carbocycles. The fraction of sp³-hybridized carbons (Fsp3) is 0.400. The van der Waals surface area contributed by atoms with E-state index in [1.54, 1.807) is 6.92 Å². The van der Waals surface area contributed by atoms with Gasteiger partial charge in [-0.15, -0.1) is 16.9 Å². The lowest BCUT2D eigenvalue weighted by Crippen LogP contribution is -2.30. The topological polar surface area (TPSA) is 40.0 Å². The first-order chi connectivity index (χ1) is 8.87. The average molecular weight is 294 g/mol. The fourth-order valence-corrected chi connectivity index (χ4v) is 2.31. The molecule has 0 spiro atoms. The van der Waals surface area contributed by atoms with Crippen molar-refractivity contribution in [1.29, 1.82) is 0 Å². The Morgan fingerprint density at radius 1 is 1.42 bits per heavy atom. The van der Waals surface area contributed by atoms with Crippen LogP contribution in [0.15, 0.2) is 27.4 Å². The van der Waals surface area contributed by atoms with Crippen LogP contribution in [0.4, 0.5) is 23.2 Å². The molecule has 0 radical (unpaired) electrons. The Morgan fingerprint density at radius 2 is 2.16 bits per heavy atom. The van der Waals surface area contributed by atoms with E-state index >= 15 is 0 Å². The van der Waals surface area contributed by atoms with E-state index in [9.17, 15) is 17.6 Å². The van der Waals surface area contributed by atoms with E-state index in [4.69, 9.17) is 0 Å². The maximum atomic E-state index is 13.8. The highest BCUT2D eigenvalue weighted by Crippen LogP contribution is 2.33. The molecule has 1 aliphatic rings. The van der Waals surface area contributed by atoms with Crippen molar-refractivity contribution in [3.8, 4) is 0 Å². The van der Waals surface area contributed by atoms with E-state index < -0.39 is 17.7 Å². The number of rotatable bonds is 3. The van der Waals surface area contributed by atoms with Crippen molar-refractivity contribution in [3.05, 3.63) is 23.5 Å². The van der Waals surface area contributed by atoms with E-state index in [-0.39, 0.29) is 12.4 Å². The first kappa shape index (κ1) is 13.9. The first-order valence-corrected chi connectivity index (χ1v) is 6.25. The van der Waals surface area contributed by atoms with Crippen molar-refractivity contribution in [2.75, 3.05) is 17.4 Å². The van der Waals surface area contributed by atoms with Crippen molar-refractivity contribution in [1.82, 2.24) is 5.53 Å². The highest BCUT2D eigenvalue weighted by atomic mass is 32.2. The predicted molar refractivity (Wildman–Crippen MR) is 63.3 cm³/mol. The molecular formula is C10H10F4N4S. The van der Waals surface area contributed by atoms with Crippen LogP contribution in [0.25, 0.3) is 0 Å².